The van der Waals surface area contributed by atoms with E-state index < -0.39 is 18.4 Å². The second-order valence-electron chi connectivity index (χ2n) is 8.24. The summed E-state index contributed by atoms with van der Waals surface area (Å²) in [5, 5.41) is 10.1. The Morgan fingerprint density at radius 1 is 1.04 bits per heavy atom. The Morgan fingerprint density at radius 3 is 2.04 bits per heavy atom. The van der Waals surface area contributed by atoms with E-state index in [2.05, 4.69) is 46.8 Å². The first-order valence-corrected chi connectivity index (χ1v) is 19.2. The van der Waals surface area contributed by atoms with Crippen LogP contribution < -0.4 is 2.89 Å². The summed E-state index contributed by atoms with van der Waals surface area (Å²) >= 11 is -0.652. The third-order valence-electron chi connectivity index (χ3n) is 5.85. The number of thiophene rings is 1. The van der Waals surface area contributed by atoms with Crippen molar-refractivity contribution in [3.8, 4) is 6.07 Å². The molecule has 0 amide bonds. The molecule has 148 valence electrons. The van der Waals surface area contributed by atoms with Crippen molar-refractivity contribution in [1.29, 1.82) is 5.26 Å². The summed E-state index contributed by atoms with van der Waals surface area (Å²) in [4.78, 5) is 4.69. The molecular formula is C23H36N2SSn. The van der Waals surface area contributed by atoms with E-state index in [9.17, 15) is 5.26 Å². The topological polar surface area (TPSA) is 36.7 Å². The number of fused-ring (bicyclic) bond motifs is 1. The van der Waals surface area contributed by atoms with Gasteiger partial charge in [-0.05, 0) is 0 Å². The Balaban J connectivity index is 2.70. The van der Waals surface area contributed by atoms with Crippen LogP contribution in [0.1, 0.15) is 90.2 Å². The van der Waals surface area contributed by atoms with Gasteiger partial charge in [0.15, 0.2) is 0 Å². The Hall–Kier alpha value is -0.601. The molecule has 0 saturated heterocycles. The minimum atomic E-state index is -2.62. The van der Waals surface area contributed by atoms with E-state index in [4.69, 9.17) is 4.98 Å². The maximum atomic E-state index is 10.1. The molecule has 0 aliphatic carbocycles. The molecule has 4 heteroatoms. The monoisotopic (exact) mass is 492 g/mol. The minimum absolute atomic E-state index is 0.472. The van der Waals surface area contributed by atoms with Crippen molar-refractivity contribution < 1.29 is 0 Å². The molecule has 0 spiro atoms. The summed E-state index contributed by atoms with van der Waals surface area (Å²) in [6.07, 6.45) is 9.68. The predicted octanol–water partition coefficient (Wildman–Crippen LogP) is 7.35. The van der Waals surface area contributed by atoms with Crippen LogP contribution in [0.3, 0.4) is 0 Å². The molecule has 0 radical (unpaired) electrons. The third kappa shape index (κ3) is 5.06. The molecule has 27 heavy (non-hydrogen) atoms. The zero-order valence-corrected chi connectivity index (χ0v) is 21.6. The number of nitrogens with zero attached hydrogens (tertiary/aromatic N) is 2. The molecule has 0 unspecified atom stereocenters. The van der Waals surface area contributed by atoms with Crippen molar-refractivity contribution in [3.05, 3.63) is 23.4 Å². The summed E-state index contributed by atoms with van der Waals surface area (Å²) in [7, 11) is 0. The van der Waals surface area contributed by atoms with Crippen molar-refractivity contribution in [1.82, 2.24) is 4.98 Å². The fraction of sp³-hybridized carbons (Fsp3) is 0.652. The molecule has 0 atom stereocenters. The number of unbranched alkanes of at least 4 members (excludes halogenated alkanes) is 3. The van der Waals surface area contributed by atoms with Crippen LogP contribution in [-0.4, -0.2) is 23.4 Å². The summed E-state index contributed by atoms with van der Waals surface area (Å²) in [5.41, 5.74) is 3.32. The Labute approximate surface area is 174 Å². The molecule has 0 saturated carbocycles. The van der Waals surface area contributed by atoms with Crippen LogP contribution in [0.5, 0.6) is 0 Å². The van der Waals surface area contributed by atoms with Gasteiger partial charge in [0.2, 0.25) is 0 Å². The van der Waals surface area contributed by atoms with E-state index in [0.29, 0.717) is 5.92 Å². The van der Waals surface area contributed by atoms with Gasteiger partial charge >= 0.3 is 175 Å². The average Bonchev–Trinajstić information content (AvgIpc) is 3.06. The number of hydrogen-bond donors (Lipinski definition) is 0. The van der Waals surface area contributed by atoms with Gasteiger partial charge in [-0.15, -0.1) is 0 Å². The van der Waals surface area contributed by atoms with Crippen LogP contribution >= 0.6 is 11.3 Å². The van der Waals surface area contributed by atoms with Crippen molar-refractivity contribution in [2.45, 2.75) is 92.4 Å². The van der Waals surface area contributed by atoms with Crippen molar-refractivity contribution >= 4 is 42.8 Å². The first-order chi connectivity index (χ1) is 13.0. The van der Waals surface area contributed by atoms with E-state index in [1.807, 2.05) is 17.5 Å². The van der Waals surface area contributed by atoms with Gasteiger partial charge in [0.05, 0.1) is 0 Å². The molecule has 2 nitrogen and oxygen atoms in total. The molecule has 2 aromatic heterocycles. The summed E-state index contributed by atoms with van der Waals surface area (Å²) in [6.45, 7) is 11.4. The van der Waals surface area contributed by atoms with Crippen molar-refractivity contribution in [2.75, 3.05) is 0 Å². The second kappa shape index (κ2) is 10.8. The average molecular weight is 491 g/mol. The number of rotatable bonds is 11. The fourth-order valence-electron chi connectivity index (χ4n) is 4.20. The number of aromatic nitrogens is 1. The zero-order chi connectivity index (χ0) is 19.9. The van der Waals surface area contributed by atoms with Crippen LogP contribution in [-0.2, 0) is 0 Å². The zero-order valence-electron chi connectivity index (χ0n) is 17.9. The van der Waals surface area contributed by atoms with E-state index in [-0.39, 0.29) is 0 Å². The van der Waals surface area contributed by atoms with Crippen LogP contribution in [0.15, 0.2) is 12.3 Å². The Morgan fingerprint density at radius 2 is 1.59 bits per heavy atom. The third-order valence-corrected chi connectivity index (χ3v) is 25.4. The molecule has 0 aromatic carbocycles. The quantitative estimate of drug-likeness (QED) is 0.308. The first kappa shape index (κ1) is 22.7. The summed E-state index contributed by atoms with van der Waals surface area (Å²) in [5.74, 6) is 0.472. The van der Waals surface area contributed by atoms with Gasteiger partial charge in [-0.25, -0.2) is 0 Å². The second-order valence-corrected chi connectivity index (χ2v) is 23.3. The van der Waals surface area contributed by atoms with Gasteiger partial charge in [-0.3, -0.25) is 0 Å². The van der Waals surface area contributed by atoms with Gasteiger partial charge in [-0.2, -0.15) is 0 Å². The van der Waals surface area contributed by atoms with Gasteiger partial charge < -0.3 is 0 Å². The van der Waals surface area contributed by atoms with Crippen LogP contribution in [0, 0.1) is 11.3 Å². The number of hydrogen-bond acceptors (Lipinski definition) is 3. The van der Waals surface area contributed by atoms with E-state index in [1.165, 1.54) is 65.0 Å². The molecule has 0 aliphatic rings. The van der Waals surface area contributed by atoms with Crippen LogP contribution in [0.2, 0.25) is 13.3 Å². The Kier molecular flexibility index (Phi) is 9.08. The predicted molar refractivity (Wildman–Crippen MR) is 123 cm³/mol. The number of pyridine rings is 1. The summed E-state index contributed by atoms with van der Waals surface area (Å²) < 4.78 is 7.05. The van der Waals surface area contributed by atoms with E-state index >= 15 is 0 Å². The van der Waals surface area contributed by atoms with Gasteiger partial charge in [0.25, 0.3) is 0 Å². The molecule has 0 N–H and O–H groups in total. The normalized spacial score (nSPS) is 12.0. The van der Waals surface area contributed by atoms with Gasteiger partial charge in [-0.1, -0.05) is 0 Å². The van der Waals surface area contributed by atoms with Crippen molar-refractivity contribution in [3.63, 3.8) is 0 Å². The molecular weight excluding hydrogens is 455 g/mol. The molecule has 2 rings (SSSR count). The van der Waals surface area contributed by atoms with Crippen LogP contribution in [0.4, 0.5) is 0 Å². The molecule has 0 aliphatic heterocycles. The molecule has 0 bridgehead atoms. The van der Waals surface area contributed by atoms with Gasteiger partial charge in [0, 0.05) is 0 Å². The van der Waals surface area contributed by atoms with E-state index in [0.717, 1.165) is 11.1 Å². The first-order valence-electron chi connectivity index (χ1n) is 10.9. The number of nitriles is 1. The molecule has 2 heterocycles. The molecule has 0 fully saturated rings. The standard InChI is InChI=1S/C11H9N2S.3C4H9.Sn/c1-7(2)9-3-4-13-10-8(5-12)6-14-11(9)10;3*1-3-4-2;/h3-4,7H,1-2H3;3*1,3-4H2,2H3;. The summed E-state index contributed by atoms with van der Waals surface area (Å²) in [6, 6.07) is 4.78. The SMILES string of the molecule is CCC[CH2][Sn]([CH2]CCC)([CH2]CCC)[c]1sc2c(C(C)C)ccnc2c1C#N. The van der Waals surface area contributed by atoms with Crippen molar-refractivity contribution in [2.24, 2.45) is 0 Å². The molecule has 2 aromatic rings. The van der Waals surface area contributed by atoms with E-state index in [1.54, 1.807) is 0 Å². The Bertz CT molecular complexity index is 751. The van der Waals surface area contributed by atoms with Crippen LogP contribution in [0.25, 0.3) is 10.2 Å². The van der Waals surface area contributed by atoms with Gasteiger partial charge in [0.1, 0.15) is 0 Å². The fourth-order valence-corrected chi connectivity index (χ4v) is 25.2. The maximum absolute atomic E-state index is 10.1.